The van der Waals surface area contributed by atoms with Crippen molar-refractivity contribution in [3.8, 4) is 5.75 Å². The highest BCUT2D eigenvalue weighted by molar-refractivity contribution is 7.89. The summed E-state index contributed by atoms with van der Waals surface area (Å²) in [7, 11) is -2.22. The summed E-state index contributed by atoms with van der Waals surface area (Å²) in [6.07, 6.45) is 0.535. The Morgan fingerprint density at radius 1 is 1.32 bits per heavy atom. The van der Waals surface area contributed by atoms with Gasteiger partial charge in [0.2, 0.25) is 10.0 Å². The molecule has 0 saturated heterocycles. The molecule has 0 radical (unpaired) electrons. The van der Waals surface area contributed by atoms with Crippen LogP contribution in [0.2, 0.25) is 0 Å². The van der Waals surface area contributed by atoms with E-state index in [1.807, 2.05) is 33.8 Å². The molecule has 1 atom stereocenters. The van der Waals surface area contributed by atoms with Crippen molar-refractivity contribution in [2.75, 3.05) is 13.7 Å². The van der Waals surface area contributed by atoms with Crippen LogP contribution in [0.3, 0.4) is 0 Å². The van der Waals surface area contributed by atoms with Gasteiger partial charge in [0.15, 0.2) is 0 Å². The van der Waals surface area contributed by atoms with E-state index in [2.05, 4.69) is 4.72 Å². The Morgan fingerprint density at radius 2 is 1.95 bits per heavy atom. The number of benzene rings is 1. The summed E-state index contributed by atoms with van der Waals surface area (Å²) in [4.78, 5) is 0.139. The van der Waals surface area contributed by atoms with Crippen LogP contribution in [0.1, 0.15) is 39.7 Å². The molecular weight excluding hydrogens is 302 g/mol. The van der Waals surface area contributed by atoms with Crippen molar-refractivity contribution in [2.45, 2.75) is 51.5 Å². The number of methoxy groups -OCH3 is 1. The largest absolute Gasteiger partial charge is 0.495 e. The smallest absolute Gasteiger partial charge is 0.244 e. The third-order valence-electron chi connectivity index (χ3n) is 3.64. The number of ether oxygens (including phenoxy) is 1. The van der Waals surface area contributed by atoms with Gasteiger partial charge in [0.1, 0.15) is 10.6 Å². The second kappa shape index (κ2) is 7.44. The fourth-order valence-corrected chi connectivity index (χ4v) is 3.26. The second-order valence-corrected chi connectivity index (χ2v) is 8.14. The van der Waals surface area contributed by atoms with Crippen molar-refractivity contribution in [2.24, 2.45) is 5.41 Å². The number of rotatable bonds is 7. The highest BCUT2D eigenvalue weighted by Crippen LogP contribution is 2.25. The van der Waals surface area contributed by atoms with Crippen LogP contribution in [0.5, 0.6) is 5.75 Å². The van der Waals surface area contributed by atoms with Gasteiger partial charge in [-0.2, -0.15) is 0 Å². The summed E-state index contributed by atoms with van der Waals surface area (Å²) in [5.41, 5.74) is 0.654. The van der Waals surface area contributed by atoms with Crippen molar-refractivity contribution in [3.05, 3.63) is 23.8 Å². The first-order valence-electron chi connectivity index (χ1n) is 7.46. The topological polar surface area (TPSA) is 75.6 Å². The Morgan fingerprint density at radius 3 is 2.45 bits per heavy atom. The first kappa shape index (κ1) is 18.9. The lowest BCUT2D eigenvalue weighted by molar-refractivity contribution is 0.0571. The van der Waals surface area contributed by atoms with Crippen molar-refractivity contribution in [3.63, 3.8) is 0 Å². The van der Waals surface area contributed by atoms with Crippen molar-refractivity contribution in [1.29, 1.82) is 0 Å². The van der Waals surface area contributed by atoms with Gasteiger partial charge in [-0.05, 0) is 36.0 Å². The van der Waals surface area contributed by atoms with Gasteiger partial charge < -0.3 is 9.84 Å². The molecule has 0 aliphatic heterocycles. The van der Waals surface area contributed by atoms with Crippen molar-refractivity contribution < 1.29 is 18.3 Å². The van der Waals surface area contributed by atoms with Crippen molar-refractivity contribution >= 4 is 10.0 Å². The van der Waals surface area contributed by atoms with Crippen LogP contribution in [0, 0.1) is 5.41 Å². The molecule has 0 amide bonds. The fraction of sp³-hybridized carbons (Fsp3) is 0.625. The van der Waals surface area contributed by atoms with E-state index < -0.39 is 16.1 Å². The van der Waals surface area contributed by atoms with E-state index in [1.54, 1.807) is 12.1 Å². The van der Waals surface area contributed by atoms with Crippen LogP contribution < -0.4 is 9.46 Å². The lowest BCUT2D eigenvalue weighted by atomic mass is 9.87. The third-order valence-corrected chi connectivity index (χ3v) is 5.12. The van der Waals surface area contributed by atoms with Crippen LogP contribution in [-0.4, -0.2) is 33.3 Å². The predicted molar refractivity (Wildman–Crippen MR) is 87.6 cm³/mol. The molecule has 126 valence electrons. The molecule has 0 saturated carbocycles. The van der Waals surface area contributed by atoms with Crippen LogP contribution >= 0.6 is 0 Å². The molecule has 0 aliphatic rings. The van der Waals surface area contributed by atoms with E-state index in [-0.39, 0.29) is 16.9 Å². The van der Waals surface area contributed by atoms with Gasteiger partial charge >= 0.3 is 0 Å². The summed E-state index contributed by atoms with van der Waals surface area (Å²) >= 11 is 0. The second-order valence-electron chi connectivity index (χ2n) is 6.41. The Hall–Kier alpha value is -1.11. The van der Waals surface area contributed by atoms with Gasteiger partial charge in [-0.25, -0.2) is 13.1 Å². The lowest BCUT2D eigenvalue weighted by Gasteiger charge is -2.25. The molecule has 22 heavy (non-hydrogen) atoms. The van der Waals surface area contributed by atoms with E-state index in [4.69, 9.17) is 4.74 Å². The Balaban J connectivity index is 2.87. The highest BCUT2D eigenvalue weighted by atomic mass is 32.2. The standard InChI is InChI=1S/C16H27NO4S/c1-6-12-7-8-13(21-5)14(11-12)22(19,20)17-10-9-15(18)16(2,3)4/h7-8,11,15,17-18H,6,9-10H2,1-5H3. The molecule has 5 nitrogen and oxygen atoms in total. The maximum Gasteiger partial charge on any atom is 0.244 e. The fourth-order valence-electron chi connectivity index (χ4n) is 1.99. The van der Waals surface area contributed by atoms with Crippen molar-refractivity contribution in [1.82, 2.24) is 4.72 Å². The average Bonchev–Trinajstić information content (AvgIpc) is 2.45. The first-order chi connectivity index (χ1) is 10.1. The number of aliphatic hydroxyl groups excluding tert-OH is 1. The molecule has 0 spiro atoms. The SMILES string of the molecule is CCc1ccc(OC)c(S(=O)(=O)NCCC(O)C(C)(C)C)c1. The molecule has 6 heteroatoms. The van der Waals surface area contributed by atoms with E-state index in [9.17, 15) is 13.5 Å². The lowest BCUT2D eigenvalue weighted by Crippen LogP contribution is -2.32. The van der Waals surface area contributed by atoms with Gasteiger partial charge in [-0.3, -0.25) is 0 Å². The molecular formula is C16H27NO4S. The number of hydrogen-bond acceptors (Lipinski definition) is 4. The Kier molecular flexibility index (Phi) is 6.40. The molecule has 0 fully saturated rings. The predicted octanol–water partition coefficient (Wildman–Crippen LogP) is 2.33. The Bertz CT molecular complexity index is 591. The molecule has 0 heterocycles. The number of hydrogen-bond donors (Lipinski definition) is 2. The summed E-state index contributed by atoms with van der Waals surface area (Å²) < 4.78 is 32.6. The summed E-state index contributed by atoms with van der Waals surface area (Å²) in [5, 5.41) is 9.98. The molecule has 1 aromatic carbocycles. The molecule has 2 N–H and O–H groups in total. The minimum atomic E-state index is -3.66. The molecule has 1 unspecified atom stereocenters. The third kappa shape index (κ3) is 4.97. The van der Waals surface area contributed by atoms with Crippen LogP contribution in [-0.2, 0) is 16.4 Å². The van der Waals surface area contributed by atoms with Gasteiger partial charge in [-0.15, -0.1) is 0 Å². The summed E-state index contributed by atoms with van der Waals surface area (Å²) in [6.45, 7) is 7.89. The van der Waals surface area contributed by atoms with Gasteiger partial charge in [0.05, 0.1) is 13.2 Å². The zero-order chi connectivity index (χ0) is 17.0. The zero-order valence-corrected chi connectivity index (χ0v) is 14.8. The van der Waals surface area contributed by atoms with E-state index in [0.717, 1.165) is 12.0 Å². The molecule has 0 bridgehead atoms. The molecule has 1 aromatic rings. The summed E-state index contributed by atoms with van der Waals surface area (Å²) in [5.74, 6) is 0.320. The first-order valence-corrected chi connectivity index (χ1v) is 8.94. The maximum atomic E-state index is 12.4. The molecule has 0 aliphatic carbocycles. The minimum absolute atomic E-state index is 0.139. The molecule has 0 aromatic heterocycles. The molecule has 1 rings (SSSR count). The number of sulfonamides is 1. The normalized spacial score (nSPS) is 13.9. The maximum absolute atomic E-state index is 12.4. The average molecular weight is 329 g/mol. The number of aryl methyl sites for hydroxylation is 1. The van der Waals surface area contributed by atoms with E-state index >= 15 is 0 Å². The van der Waals surface area contributed by atoms with Crippen LogP contribution in [0.15, 0.2) is 23.1 Å². The number of nitrogens with one attached hydrogen (secondary N) is 1. The van der Waals surface area contributed by atoms with Gasteiger partial charge in [0, 0.05) is 6.54 Å². The monoisotopic (exact) mass is 329 g/mol. The van der Waals surface area contributed by atoms with Gasteiger partial charge in [0.25, 0.3) is 0 Å². The number of aliphatic hydroxyl groups is 1. The minimum Gasteiger partial charge on any atom is -0.495 e. The van der Waals surface area contributed by atoms with Crippen LogP contribution in [0.25, 0.3) is 0 Å². The van der Waals surface area contributed by atoms with E-state index in [1.165, 1.54) is 7.11 Å². The highest BCUT2D eigenvalue weighted by Gasteiger charge is 2.24. The van der Waals surface area contributed by atoms with Crippen LogP contribution in [0.4, 0.5) is 0 Å². The van der Waals surface area contributed by atoms with Gasteiger partial charge in [-0.1, -0.05) is 33.8 Å². The van der Waals surface area contributed by atoms with E-state index in [0.29, 0.717) is 12.2 Å². The Labute approximate surface area is 133 Å². The quantitative estimate of drug-likeness (QED) is 0.805. The summed E-state index contributed by atoms with van der Waals surface area (Å²) in [6, 6.07) is 5.14. The zero-order valence-electron chi connectivity index (χ0n) is 14.0.